The fraction of sp³-hybridized carbons (Fsp3) is 0.500. The molecule has 14 nitrogen and oxygen atoms in total. The normalized spacial score (nSPS) is 23.5. The first-order chi connectivity index (χ1) is 30.0. The lowest BCUT2D eigenvalue weighted by Crippen LogP contribution is -2.46. The van der Waals surface area contributed by atoms with Crippen LogP contribution >= 0.6 is 0 Å². The number of esters is 4. The summed E-state index contributed by atoms with van der Waals surface area (Å²) in [5.74, 6) is -3.95. The highest BCUT2D eigenvalue weighted by Crippen LogP contribution is 2.40. The minimum atomic E-state index is -3.93. The molecule has 342 valence electrons. The maximum atomic E-state index is 14.2. The Bertz CT molecular complexity index is 2100. The molecule has 0 spiro atoms. The number of benzene rings is 3. The zero-order valence-electron chi connectivity index (χ0n) is 37.0. The van der Waals surface area contributed by atoms with Crippen molar-refractivity contribution in [3.8, 4) is 0 Å². The molecular weight excluding hydrogens is 833 g/mol. The van der Waals surface area contributed by atoms with Crippen molar-refractivity contribution in [2.75, 3.05) is 39.8 Å². The van der Waals surface area contributed by atoms with Gasteiger partial charge in [0.1, 0.15) is 38.1 Å². The van der Waals surface area contributed by atoms with Crippen molar-refractivity contribution in [2.24, 2.45) is 17.3 Å². The molecule has 0 aromatic heterocycles. The van der Waals surface area contributed by atoms with Gasteiger partial charge in [0.2, 0.25) is 0 Å². The second-order valence-corrected chi connectivity index (χ2v) is 18.9. The number of carbonyl (C=O) groups excluding carboxylic acids is 4. The van der Waals surface area contributed by atoms with Crippen molar-refractivity contribution in [1.82, 2.24) is 0 Å². The Hall–Kier alpha value is -4.93. The van der Waals surface area contributed by atoms with E-state index < -0.39 is 93.7 Å². The summed E-state index contributed by atoms with van der Waals surface area (Å²) in [4.78, 5) is 52.3. The Kier molecular flexibility index (Phi) is 17.6. The van der Waals surface area contributed by atoms with Crippen molar-refractivity contribution in [3.05, 3.63) is 114 Å². The van der Waals surface area contributed by atoms with Gasteiger partial charge in [0.15, 0.2) is 9.84 Å². The summed E-state index contributed by atoms with van der Waals surface area (Å²) in [5.41, 5.74) is 0.622. The van der Waals surface area contributed by atoms with Gasteiger partial charge >= 0.3 is 23.9 Å². The van der Waals surface area contributed by atoms with Gasteiger partial charge in [0, 0.05) is 38.9 Å². The molecule has 2 heterocycles. The highest BCUT2D eigenvalue weighted by molar-refractivity contribution is 7.91. The smallest absolute Gasteiger partial charge is 0.338 e. The summed E-state index contributed by atoms with van der Waals surface area (Å²) in [6, 6.07) is 24.8. The Morgan fingerprint density at radius 3 is 1.94 bits per heavy atom. The van der Waals surface area contributed by atoms with Crippen LogP contribution in [-0.2, 0) is 57.3 Å². The predicted octanol–water partition coefficient (Wildman–Crippen LogP) is 6.61. The molecule has 5 rings (SSSR count). The number of sulfone groups is 1. The van der Waals surface area contributed by atoms with Crippen LogP contribution in [0.1, 0.15) is 74.6 Å². The molecule has 0 unspecified atom stereocenters. The minimum Gasteiger partial charge on any atom is -0.463 e. The zero-order valence-corrected chi connectivity index (χ0v) is 37.8. The number of methoxy groups -OCH3 is 2. The molecule has 1 fully saturated rings. The topological polar surface area (TPSA) is 176 Å². The van der Waals surface area contributed by atoms with Crippen LogP contribution in [0.2, 0.25) is 0 Å². The average Bonchev–Trinajstić information content (AvgIpc) is 3.58. The lowest BCUT2D eigenvalue weighted by Gasteiger charge is -2.39. The molecule has 2 aliphatic rings. The Morgan fingerprint density at radius 2 is 1.37 bits per heavy atom. The van der Waals surface area contributed by atoms with E-state index in [-0.39, 0.29) is 48.9 Å². The summed E-state index contributed by atoms with van der Waals surface area (Å²) < 4.78 is 76.2. The fourth-order valence-corrected chi connectivity index (χ4v) is 9.45. The van der Waals surface area contributed by atoms with Crippen molar-refractivity contribution in [2.45, 2.75) is 102 Å². The molecule has 63 heavy (non-hydrogen) atoms. The van der Waals surface area contributed by atoms with Crippen LogP contribution in [0.4, 0.5) is 0 Å². The Morgan fingerprint density at radius 1 is 0.762 bits per heavy atom. The quantitative estimate of drug-likeness (QED) is 0.0673. The lowest BCUT2D eigenvalue weighted by atomic mass is 9.84. The van der Waals surface area contributed by atoms with Crippen LogP contribution in [0, 0.1) is 17.3 Å². The molecule has 1 saturated heterocycles. The first-order valence-corrected chi connectivity index (χ1v) is 22.8. The van der Waals surface area contributed by atoms with Crippen LogP contribution in [0.25, 0.3) is 0 Å². The molecule has 2 aliphatic heterocycles. The van der Waals surface area contributed by atoms with Gasteiger partial charge in [-0.25, -0.2) is 22.8 Å². The molecule has 0 bridgehead atoms. The second kappa shape index (κ2) is 22.6. The Balaban J connectivity index is 1.49. The van der Waals surface area contributed by atoms with Crippen LogP contribution in [-0.4, -0.2) is 115 Å². The minimum absolute atomic E-state index is 0.0384. The molecule has 0 aliphatic carbocycles. The average molecular weight is 893 g/mol. The van der Waals surface area contributed by atoms with E-state index in [9.17, 15) is 27.6 Å². The van der Waals surface area contributed by atoms with E-state index in [1.165, 1.54) is 26.4 Å². The van der Waals surface area contributed by atoms with Gasteiger partial charge in [-0.3, -0.25) is 4.79 Å². The highest BCUT2D eigenvalue weighted by Gasteiger charge is 2.50. The van der Waals surface area contributed by atoms with Crippen molar-refractivity contribution >= 4 is 33.7 Å². The summed E-state index contributed by atoms with van der Waals surface area (Å²) >= 11 is 0. The molecule has 3 aromatic carbocycles. The van der Waals surface area contributed by atoms with Crippen LogP contribution < -0.4 is 0 Å². The number of rotatable bonds is 20. The molecule has 0 amide bonds. The molecule has 0 saturated carbocycles. The standard InChI is InChI=1S/C48H60O14S/c1-8-38(62-47(52)48(3,4)5)41-24-31(2)36(28-57-43(49)29-55-6)39(60-41)26-40-37(30-63(53,54)35-22-16-11-17-23-35)44(56-7)42(61-40)25-34(59-46(51)33-20-14-10-15-21-33)27-58-45(50)32-18-12-9-13-19-32/h9-24,34,36-42,44H,8,25-30H2,1-7H3/t34-,36+,37-,38-,39+,40-,41-,42+,44+/m0/s1. The van der Waals surface area contributed by atoms with Gasteiger partial charge in [0.25, 0.3) is 0 Å². The third-order valence-corrected chi connectivity index (χ3v) is 13.0. The highest BCUT2D eigenvalue weighted by atomic mass is 32.2. The maximum Gasteiger partial charge on any atom is 0.338 e. The van der Waals surface area contributed by atoms with Crippen molar-refractivity contribution in [1.29, 1.82) is 0 Å². The van der Waals surface area contributed by atoms with Gasteiger partial charge in [0.05, 0.1) is 51.6 Å². The van der Waals surface area contributed by atoms with Crippen molar-refractivity contribution < 1.29 is 65.5 Å². The molecule has 0 radical (unpaired) electrons. The molecule has 3 aromatic rings. The van der Waals surface area contributed by atoms with Crippen LogP contribution in [0.3, 0.4) is 0 Å². The lowest BCUT2D eigenvalue weighted by molar-refractivity contribution is -0.173. The van der Waals surface area contributed by atoms with Crippen molar-refractivity contribution in [3.63, 3.8) is 0 Å². The summed E-state index contributed by atoms with van der Waals surface area (Å²) in [7, 11) is -1.09. The Labute approximate surface area is 370 Å². The van der Waals surface area contributed by atoms with E-state index in [0.717, 1.165) is 5.57 Å². The van der Waals surface area contributed by atoms with Gasteiger partial charge in [-0.05, 0) is 70.5 Å². The monoisotopic (exact) mass is 892 g/mol. The SMILES string of the molecule is CC[C@H](OC(=O)C(C)(C)C)[C@@H]1C=C(C)[C@@H](COC(=O)COC)[C@@H](C[C@@H]2O[C@H](C[C@@H](COC(=O)c3ccccc3)OC(=O)c3ccccc3)[C@H](OC)[C@H]2CS(=O)(=O)c2ccccc2)O1. The predicted molar refractivity (Wildman–Crippen MR) is 231 cm³/mol. The molecular formula is C48H60O14S. The van der Waals surface area contributed by atoms with E-state index in [1.807, 2.05) is 19.9 Å². The summed E-state index contributed by atoms with van der Waals surface area (Å²) in [6.45, 7) is 8.39. The number of hydrogen-bond acceptors (Lipinski definition) is 14. The molecule has 0 N–H and O–H groups in total. The van der Waals surface area contributed by atoms with Gasteiger partial charge in [-0.1, -0.05) is 73.2 Å². The van der Waals surface area contributed by atoms with Gasteiger partial charge in [-0.15, -0.1) is 0 Å². The van der Waals surface area contributed by atoms with E-state index >= 15 is 0 Å². The summed E-state index contributed by atoms with van der Waals surface area (Å²) in [6.07, 6.45) is -3.36. The fourth-order valence-electron chi connectivity index (χ4n) is 7.78. The third-order valence-electron chi connectivity index (χ3n) is 11.2. The maximum absolute atomic E-state index is 14.2. The van der Waals surface area contributed by atoms with Gasteiger partial charge < -0.3 is 37.9 Å². The van der Waals surface area contributed by atoms with Gasteiger partial charge in [-0.2, -0.15) is 0 Å². The second-order valence-electron chi connectivity index (χ2n) is 16.9. The molecule has 9 atom stereocenters. The largest absolute Gasteiger partial charge is 0.463 e. The van der Waals surface area contributed by atoms with Crippen LogP contribution in [0.15, 0.2) is 108 Å². The number of hydrogen-bond donors (Lipinski definition) is 0. The first kappa shape index (κ1) is 49.1. The van der Waals surface area contributed by atoms with E-state index in [2.05, 4.69) is 0 Å². The van der Waals surface area contributed by atoms with E-state index in [0.29, 0.717) is 12.0 Å². The number of ether oxygens (including phenoxy) is 8. The summed E-state index contributed by atoms with van der Waals surface area (Å²) in [5, 5.41) is 0. The third kappa shape index (κ3) is 13.5. The van der Waals surface area contributed by atoms with Crippen LogP contribution in [0.5, 0.6) is 0 Å². The molecule has 15 heteroatoms. The number of carbonyl (C=O) groups is 4. The van der Waals surface area contributed by atoms with E-state index in [4.69, 9.17) is 37.9 Å². The zero-order chi connectivity index (χ0) is 45.7. The van der Waals surface area contributed by atoms with E-state index in [1.54, 1.807) is 99.6 Å². The first-order valence-electron chi connectivity index (χ1n) is 21.2.